The van der Waals surface area contributed by atoms with E-state index >= 15 is 0 Å². The van der Waals surface area contributed by atoms with Gasteiger partial charge < -0.3 is 16.2 Å². The van der Waals surface area contributed by atoms with Crippen molar-refractivity contribution in [2.75, 3.05) is 0 Å². The quantitative estimate of drug-likeness (QED) is 0.671. The lowest BCUT2D eigenvalue weighted by molar-refractivity contribution is -0.139. The molecule has 4 N–H and O–H groups in total. The highest BCUT2D eigenvalue weighted by Crippen LogP contribution is 2.07. The first-order valence-corrected chi connectivity index (χ1v) is 5.19. The number of pyridine rings is 1. The molecule has 1 aromatic rings. The summed E-state index contributed by atoms with van der Waals surface area (Å²) in [7, 11) is 0. The van der Waals surface area contributed by atoms with E-state index in [2.05, 4.69) is 10.3 Å². The largest absolute Gasteiger partial charge is 0.481 e. The summed E-state index contributed by atoms with van der Waals surface area (Å²) >= 11 is 0. The van der Waals surface area contributed by atoms with E-state index in [1.807, 2.05) is 6.07 Å². The molecule has 1 amide bonds. The zero-order valence-electron chi connectivity index (χ0n) is 9.46. The van der Waals surface area contributed by atoms with Crippen LogP contribution in [0, 0.1) is 0 Å². The second kappa shape index (κ2) is 5.95. The summed E-state index contributed by atoms with van der Waals surface area (Å²) in [5.74, 6) is -1.59. The van der Waals surface area contributed by atoms with Crippen molar-refractivity contribution in [2.24, 2.45) is 5.73 Å². The summed E-state index contributed by atoms with van der Waals surface area (Å²) in [6.45, 7) is 1.76. The highest BCUT2D eigenvalue weighted by Gasteiger charge is 2.19. The Morgan fingerprint density at radius 3 is 2.76 bits per heavy atom. The minimum absolute atomic E-state index is 0.302. The molecule has 1 rings (SSSR count). The van der Waals surface area contributed by atoms with Gasteiger partial charge >= 0.3 is 5.97 Å². The molecule has 1 aromatic heterocycles. The average Bonchev–Trinajstić information content (AvgIpc) is 2.29. The Balaban J connectivity index is 2.54. The third-order valence-corrected chi connectivity index (χ3v) is 2.22. The number of carboxylic acids is 1. The molecule has 0 aliphatic rings. The van der Waals surface area contributed by atoms with Crippen LogP contribution in [-0.4, -0.2) is 28.0 Å². The number of aromatic nitrogens is 1. The predicted octanol–water partition coefficient (Wildman–Crippen LogP) is 0.0608. The van der Waals surface area contributed by atoms with E-state index in [0.29, 0.717) is 5.69 Å². The number of aliphatic carboxylic acids is 1. The third kappa shape index (κ3) is 4.20. The minimum atomic E-state index is -1.10. The van der Waals surface area contributed by atoms with Crippen LogP contribution < -0.4 is 11.1 Å². The fourth-order valence-corrected chi connectivity index (χ4v) is 1.31. The topological polar surface area (TPSA) is 105 Å². The lowest BCUT2D eigenvalue weighted by Gasteiger charge is -2.16. The summed E-state index contributed by atoms with van der Waals surface area (Å²) in [5, 5.41) is 11.1. The molecule has 0 spiro atoms. The summed E-state index contributed by atoms with van der Waals surface area (Å²) < 4.78 is 0. The SMILES string of the molecule is C[C@@H](NC(=O)C(N)CC(=O)O)c1ccccn1. The molecule has 1 heterocycles. The smallest absolute Gasteiger partial charge is 0.305 e. The van der Waals surface area contributed by atoms with Crippen LogP contribution in [0.25, 0.3) is 0 Å². The molecule has 0 saturated heterocycles. The molecule has 0 fully saturated rings. The number of carbonyl (C=O) groups is 2. The highest BCUT2D eigenvalue weighted by molar-refractivity contribution is 5.86. The Bertz CT molecular complexity index is 394. The fourth-order valence-electron chi connectivity index (χ4n) is 1.31. The van der Waals surface area contributed by atoms with Crippen LogP contribution in [0.3, 0.4) is 0 Å². The standard InChI is InChI=1S/C11H15N3O3/c1-7(9-4-2-3-5-13-9)14-11(17)8(12)6-10(15)16/h2-5,7-8H,6,12H2,1H3,(H,14,17)(H,15,16)/t7-,8?/m1/s1. The molecule has 1 unspecified atom stereocenters. The van der Waals surface area contributed by atoms with Crippen LogP contribution in [-0.2, 0) is 9.59 Å². The first kappa shape index (κ1) is 13.1. The number of carbonyl (C=O) groups excluding carboxylic acids is 1. The van der Waals surface area contributed by atoms with Gasteiger partial charge in [0, 0.05) is 6.20 Å². The van der Waals surface area contributed by atoms with Crippen molar-refractivity contribution in [2.45, 2.75) is 25.4 Å². The van der Waals surface area contributed by atoms with Crippen LogP contribution in [0.15, 0.2) is 24.4 Å². The fraction of sp³-hybridized carbons (Fsp3) is 0.364. The Morgan fingerprint density at radius 1 is 1.53 bits per heavy atom. The molecule has 2 atom stereocenters. The summed E-state index contributed by atoms with van der Waals surface area (Å²) in [6, 6.07) is 4.01. The molecule has 0 aliphatic heterocycles. The number of carboxylic acid groups (broad SMARTS) is 1. The molecule has 6 heteroatoms. The van der Waals surface area contributed by atoms with Gasteiger partial charge in [0.15, 0.2) is 0 Å². The second-order valence-corrected chi connectivity index (χ2v) is 3.69. The maximum absolute atomic E-state index is 11.5. The van der Waals surface area contributed by atoms with Crippen molar-refractivity contribution in [3.8, 4) is 0 Å². The van der Waals surface area contributed by atoms with E-state index in [9.17, 15) is 9.59 Å². The Labute approximate surface area is 98.8 Å². The molecule has 0 bridgehead atoms. The normalized spacial score (nSPS) is 13.8. The van der Waals surface area contributed by atoms with Crippen LogP contribution >= 0.6 is 0 Å². The molecule has 6 nitrogen and oxygen atoms in total. The number of nitrogens with two attached hydrogens (primary N) is 1. The lowest BCUT2D eigenvalue weighted by atomic mass is 10.1. The molecule has 0 aromatic carbocycles. The van der Waals surface area contributed by atoms with E-state index in [1.165, 1.54) is 0 Å². The lowest BCUT2D eigenvalue weighted by Crippen LogP contribution is -2.42. The van der Waals surface area contributed by atoms with Gasteiger partial charge in [-0.15, -0.1) is 0 Å². The molecular formula is C11H15N3O3. The van der Waals surface area contributed by atoms with Gasteiger partial charge in [0.2, 0.25) is 5.91 Å². The van der Waals surface area contributed by atoms with Crippen molar-refractivity contribution in [1.29, 1.82) is 0 Å². The van der Waals surface area contributed by atoms with Crippen LogP contribution in [0.5, 0.6) is 0 Å². The van der Waals surface area contributed by atoms with Crippen molar-refractivity contribution in [3.63, 3.8) is 0 Å². The van der Waals surface area contributed by atoms with Crippen LogP contribution in [0.1, 0.15) is 25.1 Å². The number of rotatable bonds is 5. The Kier molecular flexibility index (Phi) is 4.59. The van der Waals surface area contributed by atoms with Gasteiger partial charge in [0.05, 0.1) is 24.2 Å². The van der Waals surface area contributed by atoms with E-state index in [-0.39, 0.29) is 12.5 Å². The molecule has 17 heavy (non-hydrogen) atoms. The first-order chi connectivity index (χ1) is 8.00. The third-order valence-electron chi connectivity index (χ3n) is 2.22. The van der Waals surface area contributed by atoms with E-state index in [0.717, 1.165) is 0 Å². The van der Waals surface area contributed by atoms with Crippen LogP contribution in [0.2, 0.25) is 0 Å². The summed E-state index contributed by atoms with van der Waals surface area (Å²) in [4.78, 5) is 26.0. The monoisotopic (exact) mass is 237 g/mol. The molecule has 0 aliphatic carbocycles. The Morgan fingerprint density at radius 2 is 2.24 bits per heavy atom. The Hall–Kier alpha value is -1.95. The van der Waals surface area contributed by atoms with Crippen molar-refractivity contribution in [3.05, 3.63) is 30.1 Å². The van der Waals surface area contributed by atoms with Gasteiger partial charge in [-0.2, -0.15) is 0 Å². The number of nitrogens with one attached hydrogen (secondary N) is 1. The van der Waals surface area contributed by atoms with Gasteiger partial charge in [0.25, 0.3) is 0 Å². The zero-order chi connectivity index (χ0) is 12.8. The zero-order valence-corrected chi connectivity index (χ0v) is 9.46. The van der Waals surface area contributed by atoms with Gasteiger partial charge in [-0.3, -0.25) is 14.6 Å². The van der Waals surface area contributed by atoms with E-state index < -0.39 is 17.9 Å². The molecule has 92 valence electrons. The van der Waals surface area contributed by atoms with Crippen LogP contribution in [0.4, 0.5) is 0 Å². The molecule has 0 radical (unpaired) electrons. The first-order valence-electron chi connectivity index (χ1n) is 5.19. The summed E-state index contributed by atoms with van der Waals surface area (Å²) in [6.07, 6.45) is 1.23. The average molecular weight is 237 g/mol. The molecular weight excluding hydrogens is 222 g/mol. The molecule has 0 saturated carbocycles. The van der Waals surface area contributed by atoms with Gasteiger partial charge in [-0.25, -0.2) is 0 Å². The van der Waals surface area contributed by atoms with Gasteiger partial charge in [-0.1, -0.05) is 6.07 Å². The number of hydrogen-bond acceptors (Lipinski definition) is 4. The number of amides is 1. The van der Waals surface area contributed by atoms with Crippen molar-refractivity contribution >= 4 is 11.9 Å². The maximum atomic E-state index is 11.5. The van der Waals surface area contributed by atoms with Crippen molar-refractivity contribution < 1.29 is 14.7 Å². The van der Waals surface area contributed by atoms with Gasteiger partial charge in [0.1, 0.15) is 0 Å². The maximum Gasteiger partial charge on any atom is 0.305 e. The van der Waals surface area contributed by atoms with E-state index in [4.69, 9.17) is 10.8 Å². The van der Waals surface area contributed by atoms with Gasteiger partial charge in [-0.05, 0) is 19.1 Å². The highest BCUT2D eigenvalue weighted by atomic mass is 16.4. The summed E-state index contributed by atoms with van der Waals surface area (Å²) in [5.41, 5.74) is 6.13. The predicted molar refractivity (Wildman–Crippen MR) is 61.0 cm³/mol. The number of nitrogens with zero attached hydrogens (tertiary/aromatic N) is 1. The minimum Gasteiger partial charge on any atom is -0.481 e. The van der Waals surface area contributed by atoms with E-state index in [1.54, 1.807) is 25.3 Å². The second-order valence-electron chi connectivity index (χ2n) is 3.69. The van der Waals surface area contributed by atoms with Crippen molar-refractivity contribution in [1.82, 2.24) is 10.3 Å². The number of hydrogen-bond donors (Lipinski definition) is 3.